The highest BCUT2D eigenvalue weighted by Gasteiger charge is 2.21. The minimum absolute atomic E-state index is 0.479. The number of hydrogen-bond donors (Lipinski definition) is 0. The maximum atomic E-state index is 13.3. The van der Waals surface area contributed by atoms with Crippen LogP contribution in [-0.4, -0.2) is 21.5 Å². The molecule has 0 bridgehead atoms. The summed E-state index contributed by atoms with van der Waals surface area (Å²) in [5, 5.41) is 9.27. The molecule has 6 heteroatoms. The average Bonchev–Trinajstić information content (AvgIpc) is 2.67. The molecule has 134 valence electrons. The molecule has 0 atom stereocenters. The number of pyridine rings is 3. The third kappa shape index (κ3) is 3.13. The molecule has 0 saturated heterocycles. The maximum absolute atomic E-state index is 13.3. The Bertz CT molecular complexity index is 1070. The van der Waals surface area contributed by atoms with Gasteiger partial charge in [-0.05, 0) is 43.2 Å². The molecule has 1 aliphatic rings. The van der Waals surface area contributed by atoms with Crippen molar-refractivity contribution in [2.45, 2.75) is 26.8 Å². The monoisotopic (exact) mass is 359 g/mol. The molecular formula is C21H18FN5. The Morgan fingerprint density at radius 1 is 1.15 bits per heavy atom. The van der Waals surface area contributed by atoms with Crippen molar-refractivity contribution in [2.75, 3.05) is 11.4 Å². The molecule has 0 amide bonds. The maximum Gasteiger partial charge on any atom is 0.213 e. The zero-order valence-corrected chi connectivity index (χ0v) is 15.2. The molecular weight excluding hydrogens is 341 g/mol. The quantitative estimate of drug-likeness (QED) is 0.652. The number of fused-ring (bicyclic) bond motifs is 1. The first-order valence-electron chi connectivity index (χ1n) is 8.78. The minimum atomic E-state index is -0.479. The molecule has 0 radical (unpaired) electrons. The topological polar surface area (TPSA) is 65.7 Å². The first kappa shape index (κ1) is 17.1. The van der Waals surface area contributed by atoms with Gasteiger partial charge in [0.05, 0.1) is 11.6 Å². The van der Waals surface area contributed by atoms with E-state index < -0.39 is 5.95 Å². The molecule has 1 aliphatic heterocycles. The molecule has 4 heterocycles. The van der Waals surface area contributed by atoms with Crippen LogP contribution in [0.5, 0.6) is 0 Å². The average molecular weight is 359 g/mol. The van der Waals surface area contributed by atoms with Crippen LogP contribution in [0.15, 0.2) is 36.8 Å². The molecule has 0 aromatic carbocycles. The van der Waals surface area contributed by atoms with Gasteiger partial charge in [-0.1, -0.05) is 0 Å². The Balaban J connectivity index is 1.69. The summed E-state index contributed by atoms with van der Waals surface area (Å²) in [7, 11) is 0. The second kappa shape index (κ2) is 6.76. The number of rotatable bonds is 2. The Kier molecular flexibility index (Phi) is 4.28. The van der Waals surface area contributed by atoms with E-state index in [-0.39, 0.29) is 0 Å². The number of nitriles is 1. The van der Waals surface area contributed by atoms with Crippen LogP contribution in [0.2, 0.25) is 0 Å². The first-order chi connectivity index (χ1) is 13.1. The summed E-state index contributed by atoms with van der Waals surface area (Å²) < 4.78 is 13.3. The Morgan fingerprint density at radius 2 is 2.00 bits per heavy atom. The lowest BCUT2D eigenvalue weighted by molar-refractivity contribution is 0.583. The van der Waals surface area contributed by atoms with E-state index in [9.17, 15) is 9.65 Å². The van der Waals surface area contributed by atoms with E-state index in [2.05, 4.69) is 32.0 Å². The van der Waals surface area contributed by atoms with Gasteiger partial charge in [-0.3, -0.25) is 4.98 Å². The second-order valence-electron chi connectivity index (χ2n) is 6.74. The summed E-state index contributed by atoms with van der Waals surface area (Å²) in [6, 6.07) is 7.48. The third-order valence-electron chi connectivity index (χ3n) is 5.03. The van der Waals surface area contributed by atoms with Crippen LogP contribution in [-0.2, 0) is 13.0 Å². The summed E-state index contributed by atoms with van der Waals surface area (Å²) in [6.07, 6.45) is 5.87. The number of aryl methyl sites for hydroxylation is 1. The largest absolute Gasteiger partial charge is 0.352 e. The lowest BCUT2D eigenvalue weighted by atomic mass is 9.98. The van der Waals surface area contributed by atoms with Crippen molar-refractivity contribution in [3.05, 3.63) is 70.7 Å². The zero-order chi connectivity index (χ0) is 19.0. The first-order valence-corrected chi connectivity index (χ1v) is 8.78. The molecule has 0 aliphatic carbocycles. The van der Waals surface area contributed by atoms with E-state index in [1.807, 2.05) is 20.0 Å². The van der Waals surface area contributed by atoms with Gasteiger partial charge in [0.2, 0.25) is 5.95 Å². The summed E-state index contributed by atoms with van der Waals surface area (Å²) >= 11 is 0. The Hall–Kier alpha value is -3.33. The number of anilines is 1. The van der Waals surface area contributed by atoms with Gasteiger partial charge in [0.1, 0.15) is 5.82 Å². The summed E-state index contributed by atoms with van der Waals surface area (Å²) in [5.74, 6) is 0.358. The van der Waals surface area contributed by atoms with E-state index in [4.69, 9.17) is 0 Å². The molecule has 0 unspecified atom stereocenters. The van der Waals surface area contributed by atoms with Gasteiger partial charge in [-0.25, -0.2) is 9.97 Å². The molecule has 4 rings (SSSR count). The molecule has 0 N–H and O–H groups in total. The Labute approximate surface area is 157 Å². The van der Waals surface area contributed by atoms with E-state index in [1.165, 1.54) is 6.07 Å². The molecule has 3 aromatic heterocycles. The van der Waals surface area contributed by atoms with Crippen molar-refractivity contribution in [1.29, 1.82) is 5.26 Å². The predicted octanol–water partition coefficient (Wildman–Crippen LogP) is 3.73. The van der Waals surface area contributed by atoms with Crippen molar-refractivity contribution in [3.63, 3.8) is 0 Å². The predicted molar refractivity (Wildman–Crippen MR) is 101 cm³/mol. The number of hydrogen-bond acceptors (Lipinski definition) is 5. The van der Waals surface area contributed by atoms with Crippen molar-refractivity contribution in [1.82, 2.24) is 15.0 Å². The number of nitrogens with zero attached hydrogens (tertiary/aromatic N) is 5. The van der Waals surface area contributed by atoms with Gasteiger partial charge in [-0.15, -0.1) is 0 Å². The van der Waals surface area contributed by atoms with Gasteiger partial charge in [-0.2, -0.15) is 9.65 Å². The van der Waals surface area contributed by atoms with E-state index in [0.29, 0.717) is 12.1 Å². The van der Waals surface area contributed by atoms with Gasteiger partial charge in [0.15, 0.2) is 0 Å². The second-order valence-corrected chi connectivity index (χ2v) is 6.74. The Morgan fingerprint density at radius 3 is 2.78 bits per heavy atom. The number of aromatic nitrogens is 3. The summed E-state index contributed by atoms with van der Waals surface area (Å²) in [5.41, 5.74) is 6.36. The molecule has 0 saturated carbocycles. The van der Waals surface area contributed by atoms with Gasteiger partial charge < -0.3 is 4.90 Å². The lowest BCUT2D eigenvalue weighted by Gasteiger charge is -2.30. The summed E-state index contributed by atoms with van der Waals surface area (Å²) in [6.45, 7) is 5.27. The highest BCUT2D eigenvalue weighted by molar-refractivity contribution is 5.66. The number of halogens is 1. The smallest absolute Gasteiger partial charge is 0.213 e. The van der Waals surface area contributed by atoms with E-state index in [0.717, 1.165) is 52.3 Å². The normalized spacial score (nSPS) is 13.2. The van der Waals surface area contributed by atoms with Crippen LogP contribution in [0.1, 0.15) is 27.9 Å². The molecule has 0 fully saturated rings. The molecule has 5 nitrogen and oxygen atoms in total. The summed E-state index contributed by atoms with van der Waals surface area (Å²) in [4.78, 5) is 15.1. The van der Waals surface area contributed by atoms with Crippen LogP contribution in [0.25, 0.3) is 11.1 Å². The standard InChI is InChI=1S/C21H18FN5/c1-13-7-20(22)26-11-18(13)16-8-17-12-27(6-4-19(17)25-10-16)21-14(2)15(9-23)3-5-24-21/h3,5,7-8,10-11H,4,6,12H2,1-2H3. The third-order valence-corrected chi connectivity index (χ3v) is 5.03. The van der Waals surface area contributed by atoms with Gasteiger partial charge in [0.25, 0.3) is 0 Å². The molecule has 3 aromatic rings. The lowest BCUT2D eigenvalue weighted by Crippen LogP contribution is -2.32. The SMILES string of the molecule is Cc1cc(F)ncc1-c1cnc2c(c1)CN(c1nccc(C#N)c1C)CC2. The van der Waals surface area contributed by atoms with Crippen LogP contribution < -0.4 is 4.90 Å². The highest BCUT2D eigenvalue weighted by atomic mass is 19.1. The fourth-order valence-electron chi connectivity index (χ4n) is 3.54. The van der Waals surface area contributed by atoms with Gasteiger partial charge in [0, 0.05) is 60.5 Å². The van der Waals surface area contributed by atoms with Crippen molar-refractivity contribution < 1.29 is 4.39 Å². The van der Waals surface area contributed by atoms with Crippen molar-refractivity contribution >= 4 is 5.82 Å². The van der Waals surface area contributed by atoms with E-state index >= 15 is 0 Å². The van der Waals surface area contributed by atoms with Crippen LogP contribution in [0.4, 0.5) is 10.2 Å². The van der Waals surface area contributed by atoms with Crippen LogP contribution in [0, 0.1) is 31.1 Å². The van der Waals surface area contributed by atoms with Gasteiger partial charge >= 0.3 is 0 Å². The van der Waals surface area contributed by atoms with E-state index in [1.54, 1.807) is 18.5 Å². The van der Waals surface area contributed by atoms with Crippen LogP contribution in [0.3, 0.4) is 0 Å². The van der Waals surface area contributed by atoms with Crippen molar-refractivity contribution in [3.8, 4) is 17.2 Å². The minimum Gasteiger partial charge on any atom is -0.352 e. The molecule has 0 spiro atoms. The zero-order valence-electron chi connectivity index (χ0n) is 15.2. The fourth-order valence-corrected chi connectivity index (χ4v) is 3.54. The fraction of sp³-hybridized carbons (Fsp3) is 0.238. The van der Waals surface area contributed by atoms with Crippen molar-refractivity contribution in [2.24, 2.45) is 0 Å². The molecule has 27 heavy (non-hydrogen) atoms. The highest BCUT2D eigenvalue weighted by Crippen LogP contribution is 2.29. The van der Waals surface area contributed by atoms with Crippen LogP contribution >= 0.6 is 0 Å².